The number of hydrogen-bond acceptors (Lipinski definition) is 2. The Hall–Kier alpha value is -2.13. The minimum Gasteiger partial charge on any atom is -0.481 e. The Morgan fingerprint density at radius 3 is 2.18 bits per heavy atom. The van der Waals surface area contributed by atoms with Crippen molar-refractivity contribution in [2.24, 2.45) is 11.7 Å². The van der Waals surface area contributed by atoms with Crippen molar-refractivity contribution in [2.45, 2.75) is 32.2 Å². The average Bonchev–Trinajstić information content (AvgIpc) is 2.54. The molecule has 0 fully saturated rings. The minimum atomic E-state index is -0.751. The molecule has 2 rings (SSSR count). The molecule has 0 bridgehead atoms. The van der Waals surface area contributed by atoms with Crippen LogP contribution in [-0.4, -0.2) is 17.1 Å². The molecule has 116 valence electrons. The van der Waals surface area contributed by atoms with Crippen LogP contribution < -0.4 is 5.73 Å². The molecule has 0 spiro atoms. The Kier molecular flexibility index (Phi) is 5.73. The van der Waals surface area contributed by atoms with E-state index in [2.05, 4.69) is 36.4 Å². The van der Waals surface area contributed by atoms with Gasteiger partial charge in [0, 0.05) is 6.04 Å². The quantitative estimate of drug-likeness (QED) is 0.818. The van der Waals surface area contributed by atoms with Crippen molar-refractivity contribution in [1.29, 1.82) is 0 Å². The van der Waals surface area contributed by atoms with Gasteiger partial charge in [0.05, 0.1) is 5.92 Å². The summed E-state index contributed by atoms with van der Waals surface area (Å²) in [5, 5.41) is 8.88. The van der Waals surface area contributed by atoms with E-state index in [-0.39, 0.29) is 12.0 Å². The number of carboxylic acid groups (broad SMARTS) is 1. The van der Waals surface area contributed by atoms with Crippen LogP contribution >= 0.6 is 0 Å². The lowest BCUT2D eigenvalue weighted by molar-refractivity contribution is -0.141. The van der Waals surface area contributed by atoms with E-state index in [1.807, 2.05) is 18.2 Å². The van der Waals surface area contributed by atoms with E-state index in [0.717, 1.165) is 12.8 Å². The molecule has 2 aromatic carbocycles. The second kappa shape index (κ2) is 7.76. The van der Waals surface area contributed by atoms with Crippen LogP contribution in [-0.2, 0) is 11.2 Å². The molecule has 0 aliphatic carbocycles. The molecule has 0 saturated carbocycles. The van der Waals surface area contributed by atoms with Crippen molar-refractivity contribution in [3.63, 3.8) is 0 Å². The molecular formula is C19H23NO2. The summed E-state index contributed by atoms with van der Waals surface area (Å²) in [5.41, 5.74) is 9.69. The second-order valence-corrected chi connectivity index (χ2v) is 5.84. The van der Waals surface area contributed by atoms with Crippen molar-refractivity contribution >= 4 is 5.97 Å². The Labute approximate surface area is 131 Å². The summed E-state index contributed by atoms with van der Waals surface area (Å²) in [5.74, 6) is -1.08. The molecule has 22 heavy (non-hydrogen) atoms. The van der Waals surface area contributed by atoms with Gasteiger partial charge in [-0.1, -0.05) is 61.5 Å². The zero-order valence-electron chi connectivity index (χ0n) is 12.9. The van der Waals surface area contributed by atoms with E-state index in [9.17, 15) is 4.79 Å². The van der Waals surface area contributed by atoms with Crippen molar-refractivity contribution in [1.82, 2.24) is 0 Å². The Morgan fingerprint density at radius 1 is 1.00 bits per heavy atom. The molecule has 3 heteroatoms. The van der Waals surface area contributed by atoms with Gasteiger partial charge in [-0.25, -0.2) is 0 Å². The van der Waals surface area contributed by atoms with Crippen molar-refractivity contribution in [3.8, 4) is 11.1 Å². The van der Waals surface area contributed by atoms with E-state index < -0.39 is 5.97 Å². The van der Waals surface area contributed by atoms with Gasteiger partial charge in [-0.2, -0.15) is 0 Å². The van der Waals surface area contributed by atoms with Gasteiger partial charge in [0.25, 0.3) is 0 Å². The molecule has 0 amide bonds. The van der Waals surface area contributed by atoms with Gasteiger partial charge in [-0.05, 0) is 36.0 Å². The highest BCUT2D eigenvalue weighted by Crippen LogP contribution is 2.20. The van der Waals surface area contributed by atoms with Gasteiger partial charge < -0.3 is 10.8 Å². The highest BCUT2D eigenvalue weighted by molar-refractivity contribution is 5.69. The molecule has 0 heterocycles. The molecule has 2 atom stereocenters. The number of carboxylic acids is 1. The maximum absolute atomic E-state index is 10.8. The summed E-state index contributed by atoms with van der Waals surface area (Å²) < 4.78 is 0. The third-order valence-electron chi connectivity index (χ3n) is 3.95. The maximum atomic E-state index is 10.8. The molecule has 1 unspecified atom stereocenters. The lowest BCUT2D eigenvalue weighted by Crippen LogP contribution is -2.24. The zero-order chi connectivity index (χ0) is 15.9. The van der Waals surface area contributed by atoms with E-state index in [1.54, 1.807) is 6.92 Å². The predicted octanol–water partition coefficient (Wildman–Crippen LogP) is 3.72. The Bertz CT molecular complexity index is 593. The third-order valence-corrected chi connectivity index (χ3v) is 3.95. The Morgan fingerprint density at radius 2 is 1.59 bits per heavy atom. The van der Waals surface area contributed by atoms with Gasteiger partial charge >= 0.3 is 5.97 Å². The molecule has 3 nitrogen and oxygen atoms in total. The van der Waals surface area contributed by atoms with Crippen LogP contribution in [0, 0.1) is 5.92 Å². The van der Waals surface area contributed by atoms with Gasteiger partial charge in [0.1, 0.15) is 0 Å². The van der Waals surface area contributed by atoms with Gasteiger partial charge in [0.15, 0.2) is 0 Å². The van der Waals surface area contributed by atoms with Gasteiger partial charge in [0.2, 0.25) is 0 Å². The number of hydrogen-bond donors (Lipinski definition) is 2. The fraction of sp³-hybridized carbons (Fsp3) is 0.316. The fourth-order valence-corrected chi connectivity index (χ4v) is 2.46. The Balaban J connectivity index is 1.90. The molecule has 2 aromatic rings. The summed E-state index contributed by atoms with van der Waals surface area (Å²) in [7, 11) is 0. The van der Waals surface area contributed by atoms with E-state index in [1.165, 1.54) is 16.7 Å². The van der Waals surface area contributed by atoms with Crippen molar-refractivity contribution < 1.29 is 9.90 Å². The van der Waals surface area contributed by atoms with Crippen LogP contribution in [0.2, 0.25) is 0 Å². The lowest BCUT2D eigenvalue weighted by Gasteiger charge is -2.13. The first kappa shape index (κ1) is 16.2. The highest BCUT2D eigenvalue weighted by Gasteiger charge is 2.13. The number of aliphatic carboxylic acids is 1. The number of benzene rings is 2. The van der Waals surface area contributed by atoms with Crippen molar-refractivity contribution in [2.75, 3.05) is 0 Å². The number of nitrogens with two attached hydrogens (primary N) is 1. The third kappa shape index (κ3) is 4.71. The number of rotatable bonds is 7. The smallest absolute Gasteiger partial charge is 0.306 e. The molecule has 0 aliphatic rings. The molecule has 0 aromatic heterocycles. The normalized spacial score (nSPS) is 13.5. The summed E-state index contributed by atoms with van der Waals surface area (Å²) in [6, 6.07) is 18.7. The first-order valence-electron chi connectivity index (χ1n) is 7.69. The van der Waals surface area contributed by atoms with Crippen LogP contribution in [0.25, 0.3) is 11.1 Å². The molecule has 0 aliphatic heterocycles. The minimum absolute atomic E-state index is 0.00405. The summed E-state index contributed by atoms with van der Waals surface area (Å²) in [6.45, 7) is 1.73. The summed E-state index contributed by atoms with van der Waals surface area (Å²) in [4.78, 5) is 10.8. The largest absolute Gasteiger partial charge is 0.481 e. The van der Waals surface area contributed by atoms with Crippen LogP contribution in [0.4, 0.5) is 0 Å². The predicted molar refractivity (Wildman–Crippen MR) is 89.6 cm³/mol. The van der Waals surface area contributed by atoms with E-state index in [0.29, 0.717) is 6.42 Å². The van der Waals surface area contributed by atoms with Crippen LogP contribution in [0.15, 0.2) is 54.6 Å². The number of carbonyl (C=O) groups is 1. The van der Waals surface area contributed by atoms with Crippen molar-refractivity contribution in [3.05, 3.63) is 60.2 Å². The van der Waals surface area contributed by atoms with E-state index >= 15 is 0 Å². The molecule has 0 saturated heterocycles. The monoisotopic (exact) mass is 297 g/mol. The molecule has 3 N–H and O–H groups in total. The average molecular weight is 297 g/mol. The van der Waals surface area contributed by atoms with Crippen LogP contribution in [0.1, 0.15) is 25.3 Å². The first-order valence-corrected chi connectivity index (χ1v) is 7.69. The maximum Gasteiger partial charge on any atom is 0.306 e. The molecular weight excluding hydrogens is 274 g/mol. The second-order valence-electron chi connectivity index (χ2n) is 5.84. The standard InChI is InChI=1S/C19H23NO2/c1-14(19(21)22)7-12-18(20)13-15-8-10-17(11-9-15)16-5-3-2-4-6-16/h2-6,8-11,14,18H,7,12-13,20H2,1H3,(H,21,22)/t14-,18?/m1/s1. The molecule has 0 radical (unpaired) electrons. The topological polar surface area (TPSA) is 63.3 Å². The summed E-state index contributed by atoms with van der Waals surface area (Å²) >= 11 is 0. The van der Waals surface area contributed by atoms with Gasteiger partial charge in [-0.15, -0.1) is 0 Å². The van der Waals surface area contributed by atoms with Gasteiger partial charge in [-0.3, -0.25) is 4.79 Å². The first-order chi connectivity index (χ1) is 10.6. The van der Waals surface area contributed by atoms with Crippen LogP contribution in [0.5, 0.6) is 0 Å². The van der Waals surface area contributed by atoms with Crippen LogP contribution in [0.3, 0.4) is 0 Å². The summed E-state index contributed by atoms with van der Waals surface area (Å²) in [6.07, 6.45) is 2.13. The highest BCUT2D eigenvalue weighted by atomic mass is 16.4. The SMILES string of the molecule is C[C@H](CCC(N)Cc1ccc(-c2ccccc2)cc1)C(=O)O. The zero-order valence-corrected chi connectivity index (χ0v) is 12.9. The van der Waals surface area contributed by atoms with E-state index in [4.69, 9.17) is 10.8 Å². The lowest BCUT2D eigenvalue weighted by atomic mass is 9.96. The fourth-order valence-electron chi connectivity index (χ4n) is 2.46.